The third-order valence-corrected chi connectivity index (χ3v) is 5.45. The van der Waals surface area contributed by atoms with Gasteiger partial charge in [0.2, 0.25) is 5.95 Å². The van der Waals surface area contributed by atoms with Crippen LogP contribution in [-0.2, 0) is 17.8 Å². The maximum absolute atomic E-state index is 10.9. The highest BCUT2D eigenvalue weighted by molar-refractivity contribution is 5.32. The summed E-state index contributed by atoms with van der Waals surface area (Å²) in [4.78, 5) is 13.0. The van der Waals surface area contributed by atoms with Gasteiger partial charge in [-0.05, 0) is 23.6 Å². The summed E-state index contributed by atoms with van der Waals surface area (Å²) in [6.45, 7) is 7.25. The number of rotatable bonds is 7. The van der Waals surface area contributed by atoms with Gasteiger partial charge in [-0.25, -0.2) is 9.97 Å². The summed E-state index contributed by atoms with van der Waals surface area (Å²) in [5, 5.41) is 14.3. The molecule has 0 amide bonds. The molecular weight excluding hydrogens is 354 g/mol. The molecule has 0 radical (unpaired) electrons. The zero-order valence-corrected chi connectivity index (χ0v) is 16.3. The van der Waals surface area contributed by atoms with Crippen molar-refractivity contribution in [2.24, 2.45) is 0 Å². The van der Waals surface area contributed by atoms with Crippen LogP contribution in [0.25, 0.3) is 0 Å². The maximum Gasteiger partial charge on any atom is 0.225 e. The molecule has 0 aliphatic carbocycles. The number of hydrogen-bond donors (Lipinski definition) is 2. The van der Waals surface area contributed by atoms with Crippen molar-refractivity contribution in [3.63, 3.8) is 0 Å². The summed E-state index contributed by atoms with van der Waals surface area (Å²) >= 11 is 0. The van der Waals surface area contributed by atoms with Crippen molar-refractivity contribution in [1.82, 2.24) is 20.2 Å². The van der Waals surface area contributed by atoms with Gasteiger partial charge in [0.05, 0.1) is 25.4 Å². The predicted molar refractivity (Wildman–Crippen MR) is 108 cm³/mol. The van der Waals surface area contributed by atoms with Crippen LogP contribution in [0.5, 0.6) is 0 Å². The minimum Gasteiger partial charge on any atom is -0.387 e. The number of hydrogen-bond acceptors (Lipinski definition) is 7. The van der Waals surface area contributed by atoms with Crippen LogP contribution in [0.15, 0.2) is 42.7 Å². The lowest BCUT2D eigenvalue weighted by Crippen LogP contribution is -2.43. The number of aromatic nitrogens is 2. The quantitative estimate of drug-likeness (QED) is 0.740. The molecule has 3 heterocycles. The second-order valence-corrected chi connectivity index (χ2v) is 7.76. The van der Waals surface area contributed by atoms with E-state index in [1.807, 2.05) is 4.90 Å². The van der Waals surface area contributed by atoms with Gasteiger partial charge in [-0.2, -0.15) is 0 Å². The molecule has 2 aromatic rings. The topological polar surface area (TPSA) is 73.8 Å². The minimum absolute atomic E-state index is 0.557. The fourth-order valence-electron chi connectivity index (χ4n) is 3.92. The van der Waals surface area contributed by atoms with Gasteiger partial charge in [0.1, 0.15) is 0 Å². The van der Waals surface area contributed by atoms with Crippen molar-refractivity contribution in [3.8, 4) is 0 Å². The largest absolute Gasteiger partial charge is 0.387 e. The zero-order valence-electron chi connectivity index (χ0n) is 16.3. The summed E-state index contributed by atoms with van der Waals surface area (Å²) in [6.07, 6.45) is 4.19. The van der Waals surface area contributed by atoms with Crippen LogP contribution < -0.4 is 10.2 Å². The van der Waals surface area contributed by atoms with Gasteiger partial charge in [0.25, 0.3) is 0 Å². The lowest BCUT2D eigenvalue weighted by atomic mass is 10.0. The molecule has 2 fully saturated rings. The fraction of sp³-hybridized carbons (Fsp3) is 0.524. The number of anilines is 1. The Bertz CT molecular complexity index is 753. The van der Waals surface area contributed by atoms with Crippen LogP contribution in [0.1, 0.15) is 17.5 Å². The molecule has 0 spiro atoms. The molecule has 7 nitrogen and oxygen atoms in total. The van der Waals surface area contributed by atoms with Gasteiger partial charge in [0.15, 0.2) is 0 Å². The van der Waals surface area contributed by atoms with E-state index in [1.54, 1.807) is 18.5 Å². The second kappa shape index (κ2) is 8.96. The summed E-state index contributed by atoms with van der Waals surface area (Å²) in [5.74, 6) is 0.689. The van der Waals surface area contributed by atoms with E-state index in [0.717, 1.165) is 52.4 Å². The number of aliphatic hydroxyl groups is 1. The van der Waals surface area contributed by atoms with Gasteiger partial charge in [-0.1, -0.05) is 24.3 Å². The maximum atomic E-state index is 10.9. The number of benzene rings is 1. The van der Waals surface area contributed by atoms with Gasteiger partial charge in [0, 0.05) is 51.7 Å². The van der Waals surface area contributed by atoms with E-state index < -0.39 is 5.60 Å². The Kier molecular flexibility index (Phi) is 6.17. The van der Waals surface area contributed by atoms with Gasteiger partial charge in [-0.15, -0.1) is 0 Å². The van der Waals surface area contributed by atoms with Gasteiger partial charge in [-0.3, -0.25) is 4.90 Å². The highest BCUT2D eigenvalue weighted by Crippen LogP contribution is 2.23. The Morgan fingerprint density at radius 1 is 1.07 bits per heavy atom. The lowest BCUT2D eigenvalue weighted by Gasteiger charge is -2.26. The van der Waals surface area contributed by atoms with Crippen molar-refractivity contribution in [2.45, 2.75) is 25.1 Å². The highest BCUT2D eigenvalue weighted by Gasteiger charge is 2.36. The van der Waals surface area contributed by atoms with Crippen LogP contribution in [0.2, 0.25) is 0 Å². The standard InChI is InChI=1S/C21H29N5O2/c27-21(5-8-26(17-21)20-23-6-2-7-24-20)16-22-14-18-3-1-4-19(13-18)15-25-9-11-28-12-10-25/h1-4,6-7,13,22,27H,5,8-12,14-17H2/t21-/m1/s1. The summed E-state index contributed by atoms with van der Waals surface area (Å²) in [6, 6.07) is 10.5. The molecular formula is C21H29N5O2. The number of ether oxygens (including phenoxy) is 1. The molecule has 0 bridgehead atoms. The molecule has 28 heavy (non-hydrogen) atoms. The molecule has 2 aliphatic rings. The first-order chi connectivity index (χ1) is 13.7. The first kappa shape index (κ1) is 19.3. The van der Waals surface area contributed by atoms with Crippen LogP contribution in [0.4, 0.5) is 5.95 Å². The smallest absolute Gasteiger partial charge is 0.225 e. The third-order valence-electron chi connectivity index (χ3n) is 5.45. The van der Waals surface area contributed by atoms with Crippen LogP contribution in [0.3, 0.4) is 0 Å². The fourth-order valence-corrected chi connectivity index (χ4v) is 3.92. The number of nitrogens with zero attached hydrogens (tertiary/aromatic N) is 4. The lowest BCUT2D eigenvalue weighted by molar-refractivity contribution is 0.0342. The normalized spacial score (nSPS) is 23.2. The number of morpholine rings is 1. The van der Waals surface area contributed by atoms with E-state index in [2.05, 4.69) is 44.5 Å². The van der Waals surface area contributed by atoms with Crippen LogP contribution in [-0.4, -0.2) is 71.5 Å². The first-order valence-corrected chi connectivity index (χ1v) is 10.0. The molecule has 0 saturated carbocycles. The van der Waals surface area contributed by atoms with Crippen molar-refractivity contribution in [3.05, 3.63) is 53.9 Å². The zero-order chi connectivity index (χ0) is 19.2. The van der Waals surface area contributed by atoms with Gasteiger partial charge >= 0.3 is 0 Å². The van der Waals surface area contributed by atoms with Crippen LogP contribution in [0, 0.1) is 0 Å². The summed E-state index contributed by atoms with van der Waals surface area (Å²) in [7, 11) is 0. The van der Waals surface area contributed by atoms with Crippen LogP contribution >= 0.6 is 0 Å². The average molecular weight is 383 g/mol. The molecule has 2 saturated heterocycles. The summed E-state index contributed by atoms with van der Waals surface area (Å²) < 4.78 is 5.42. The van der Waals surface area contributed by atoms with E-state index in [1.165, 1.54) is 11.1 Å². The molecule has 7 heteroatoms. The Morgan fingerprint density at radius 2 is 1.86 bits per heavy atom. The predicted octanol–water partition coefficient (Wildman–Crippen LogP) is 1.04. The van der Waals surface area contributed by atoms with Gasteiger partial charge < -0.3 is 20.1 Å². The Labute approximate surface area is 166 Å². The Balaban J connectivity index is 1.26. The molecule has 1 aromatic heterocycles. The average Bonchev–Trinajstić information content (AvgIpc) is 3.12. The molecule has 4 rings (SSSR count). The molecule has 1 aromatic carbocycles. The van der Waals surface area contributed by atoms with E-state index >= 15 is 0 Å². The van der Waals surface area contributed by atoms with E-state index in [4.69, 9.17) is 4.74 Å². The SMILES string of the molecule is O[C@@]1(CNCc2cccc(CN3CCOCC3)c2)CCN(c2ncccn2)C1. The van der Waals surface area contributed by atoms with Crippen molar-refractivity contribution in [1.29, 1.82) is 0 Å². The highest BCUT2D eigenvalue weighted by atomic mass is 16.5. The van der Waals surface area contributed by atoms with E-state index in [-0.39, 0.29) is 0 Å². The number of β-amino-alcohol motifs (C(OH)–C–C–N with tert-alkyl or cyclic N) is 1. The molecule has 1 atom stereocenters. The Morgan fingerprint density at radius 3 is 2.68 bits per heavy atom. The molecule has 0 unspecified atom stereocenters. The molecule has 2 aliphatic heterocycles. The van der Waals surface area contributed by atoms with E-state index in [9.17, 15) is 5.11 Å². The Hall–Kier alpha value is -2.06. The monoisotopic (exact) mass is 383 g/mol. The van der Waals surface area contributed by atoms with Crippen molar-refractivity contribution < 1.29 is 9.84 Å². The van der Waals surface area contributed by atoms with Crippen molar-refractivity contribution in [2.75, 3.05) is 50.8 Å². The second-order valence-electron chi connectivity index (χ2n) is 7.76. The third kappa shape index (κ3) is 5.05. The molecule has 2 N–H and O–H groups in total. The van der Waals surface area contributed by atoms with E-state index in [0.29, 0.717) is 19.0 Å². The minimum atomic E-state index is -0.745. The first-order valence-electron chi connectivity index (χ1n) is 10.0. The summed E-state index contributed by atoms with van der Waals surface area (Å²) in [5.41, 5.74) is 1.83. The van der Waals surface area contributed by atoms with Crippen molar-refractivity contribution >= 4 is 5.95 Å². The molecule has 150 valence electrons. The number of nitrogens with one attached hydrogen (secondary N) is 1.